The molecule has 29 heavy (non-hydrogen) atoms. The highest BCUT2D eigenvalue weighted by Crippen LogP contribution is 2.23. The molecule has 0 aromatic heterocycles. The Morgan fingerprint density at radius 1 is 1.14 bits per heavy atom. The van der Waals surface area contributed by atoms with Gasteiger partial charge in [-0.25, -0.2) is 12.8 Å². The van der Waals surface area contributed by atoms with Gasteiger partial charge in [0.1, 0.15) is 18.2 Å². The number of carbonyl (C=O) groups excluding carboxylic acids is 1. The normalized spacial score (nSPS) is 11.1. The minimum atomic E-state index is -3.45. The fraction of sp³-hybridized carbons (Fsp3) is 0.381. The number of benzene rings is 2. The van der Waals surface area contributed by atoms with Crippen LogP contribution in [-0.2, 0) is 21.2 Å². The second-order valence-corrected chi connectivity index (χ2v) is 8.48. The lowest BCUT2D eigenvalue weighted by Crippen LogP contribution is -2.33. The molecule has 0 fully saturated rings. The lowest BCUT2D eigenvalue weighted by molar-refractivity contribution is -0.121. The number of hydrogen-bond donors (Lipinski definition) is 1. The van der Waals surface area contributed by atoms with E-state index in [1.807, 2.05) is 19.1 Å². The first kappa shape index (κ1) is 22.7. The molecule has 0 bridgehead atoms. The minimum absolute atomic E-state index is 0.176. The number of sulfonamides is 1. The molecule has 2 aromatic rings. The number of nitrogens with zero attached hydrogens (tertiary/aromatic N) is 1. The standard InChI is InChI=1S/C21H27FN2O4S/c1-3-17-7-4-5-8-20(17)24(29(2,26)27)15-6-9-21(25)23-14-16-28-19-12-10-18(22)11-13-19/h4-5,7-8,10-13H,3,6,9,14-16H2,1-2H3,(H,23,25). The van der Waals surface area contributed by atoms with E-state index in [4.69, 9.17) is 4.74 Å². The van der Waals surface area contributed by atoms with Crippen LogP contribution in [0.3, 0.4) is 0 Å². The molecule has 0 spiro atoms. The van der Waals surface area contributed by atoms with Gasteiger partial charge in [-0.05, 0) is 48.7 Å². The van der Waals surface area contributed by atoms with Crippen LogP contribution < -0.4 is 14.4 Å². The zero-order chi connectivity index (χ0) is 21.3. The summed E-state index contributed by atoms with van der Waals surface area (Å²) in [6.45, 7) is 2.78. The molecular formula is C21H27FN2O4S. The topological polar surface area (TPSA) is 75.7 Å². The van der Waals surface area contributed by atoms with E-state index in [9.17, 15) is 17.6 Å². The van der Waals surface area contributed by atoms with Crippen LogP contribution >= 0.6 is 0 Å². The van der Waals surface area contributed by atoms with Crippen LogP contribution in [0.5, 0.6) is 5.75 Å². The van der Waals surface area contributed by atoms with E-state index in [2.05, 4.69) is 5.32 Å². The SMILES string of the molecule is CCc1ccccc1N(CCCC(=O)NCCOc1ccc(F)cc1)S(C)(=O)=O. The van der Waals surface area contributed by atoms with Crippen LogP contribution in [0.4, 0.5) is 10.1 Å². The van der Waals surface area contributed by atoms with E-state index in [0.717, 1.165) is 12.0 Å². The summed E-state index contributed by atoms with van der Waals surface area (Å²) < 4.78 is 44.1. The van der Waals surface area contributed by atoms with Crippen molar-refractivity contribution in [1.29, 1.82) is 0 Å². The average molecular weight is 423 g/mol. The summed E-state index contributed by atoms with van der Waals surface area (Å²) in [5.41, 5.74) is 1.60. The number of hydrogen-bond acceptors (Lipinski definition) is 4. The van der Waals surface area contributed by atoms with Gasteiger partial charge in [0, 0.05) is 13.0 Å². The van der Waals surface area contributed by atoms with Crippen molar-refractivity contribution in [3.8, 4) is 5.75 Å². The van der Waals surface area contributed by atoms with Gasteiger partial charge in [0.15, 0.2) is 0 Å². The van der Waals surface area contributed by atoms with Crippen LogP contribution in [0.1, 0.15) is 25.3 Å². The zero-order valence-electron chi connectivity index (χ0n) is 16.7. The van der Waals surface area contributed by atoms with Crippen molar-refractivity contribution in [2.75, 3.05) is 30.3 Å². The molecule has 1 amide bonds. The molecule has 2 rings (SSSR count). The summed E-state index contributed by atoms with van der Waals surface area (Å²) in [6.07, 6.45) is 2.50. The Morgan fingerprint density at radius 3 is 2.48 bits per heavy atom. The summed E-state index contributed by atoms with van der Waals surface area (Å²) >= 11 is 0. The fourth-order valence-corrected chi connectivity index (χ4v) is 3.88. The summed E-state index contributed by atoms with van der Waals surface area (Å²) in [7, 11) is -3.45. The molecule has 0 aliphatic carbocycles. The van der Waals surface area contributed by atoms with Gasteiger partial charge in [-0.2, -0.15) is 0 Å². The maximum Gasteiger partial charge on any atom is 0.232 e. The Labute approximate surface area is 171 Å². The fourth-order valence-electron chi connectivity index (χ4n) is 2.88. The van der Waals surface area contributed by atoms with Crippen molar-refractivity contribution in [3.05, 3.63) is 59.9 Å². The quantitative estimate of drug-likeness (QED) is 0.565. The Bertz CT molecular complexity index is 901. The molecule has 1 N–H and O–H groups in total. The molecule has 158 valence electrons. The van der Waals surface area contributed by atoms with Gasteiger partial charge >= 0.3 is 0 Å². The Hall–Kier alpha value is -2.61. The monoisotopic (exact) mass is 422 g/mol. The lowest BCUT2D eigenvalue weighted by Gasteiger charge is -2.24. The van der Waals surface area contributed by atoms with E-state index in [-0.39, 0.29) is 31.3 Å². The molecule has 6 nitrogen and oxygen atoms in total. The van der Waals surface area contributed by atoms with Gasteiger partial charge in [-0.3, -0.25) is 9.10 Å². The second-order valence-electron chi connectivity index (χ2n) is 6.57. The maximum absolute atomic E-state index is 12.8. The Kier molecular flexibility index (Phi) is 8.45. The van der Waals surface area contributed by atoms with Crippen LogP contribution in [0.15, 0.2) is 48.5 Å². The summed E-state index contributed by atoms with van der Waals surface area (Å²) in [4.78, 5) is 12.0. The predicted octanol–water partition coefficient (Wildman–Crippen LogP) is 3.13. The number of para-hydroxylation sites is 1. The molecule has 0 radical (unpaired) electrons. The third-order valence-electron chi connectivity index (χ3n) is 4.31. The second kappa shape index (κ2) is 10.8. The van der Waals surface area contributed by atoms with Crippen molar-refractivity contribution in [1.82, 2.24) is 5.32 Å². The molecule has 2 aromatic carbocycles. The number of aryl methyl sites for hydroxylation is 1. The highest BCUT2D eigenvalue weighted by molar-refractivity contribution is 7.92. The number of ether oxygens (including phenoxy) is 1. The van der Waals surface area contributed by atoms with Crippen molar-refractivity contribution < 1.29 is 22.3 Å². The lowest BCUT2D eigenvalue weighted by atomic mass is 10.1. The maximum atomic E-state index is 12.8. The molecule has 0 unspecified atom stereocenters. The Morgan fingerprint density at radius 2 is 1.83 bits per heavy atom. The molecule has 8 heteroatoms. The van der Waals surface area contributed by atoms with E-state index in [1.165, 1.54) is 34.8 Å². The van der Waals surface area contributed by atoms with E-state index >= 15 is 0 Å². The first-order valence-corrected chi connectivity index (χ1v) is 11.4. The van der Waals surface area contributed by atoms with Gasteiger partial charge in [0.05, 0.1) is 18.5 Å². The van der Waals surface area contributed by atoms with Crippen molar-refractivity contribution >= 4 is 21.6 Å². The highest BCUT2D eigenvalue weighted by atomic mass is 32.2. The summed E-state index contributed by atoms with van der Waals surface area (Å²) in [5.74, 6) is 0.0133. The van der Waals surface area contributed by atoms with Crippen LogP contribution in [0.25, 0.3) is 0 Å². The average Bonchev–Trinajstić information content (AvgIpc) is 2.69. The molecule has 0 aliphatic rings. The Balaban J connectivity index is 1.78. The number of amides is 1. The van der Waals surface area contributed by atoms with E-state index in [0.29, 0.717) is 24.4 Å². The zero-order valence-corrected chi connectivity index (χ0v) is 17.5. The van der Waals surface area contributed by atoms with Crippen LogP contribution in [0, 0.1) is 5.82 Å². The smallest absolute Gasteiger partial charge is 0.232 e. The molecular weight excluding hydrogens is 395 g/mol. The third kappa shape index (κ3) is 7.38. The number of anilines is 1. The summed E-state index contributed by atoms with van der Waals surface area (Å²) in [6, 6.07) is 13.0. The number of nitrogens with one attached hydrogen (secondary N) is 1. The van der Waals surface area contributed by atoms with Gasteiger partial charge < -0.3 is 10.1 Å². The van der Waals surface area contributed by atoms with Crippen molar-refractivity contribution in [3.63, 3.8) is 0 Å². The van der Waals surface area contributed by atoms with Crippen molar-refractivity contribution in [2.45, 2.75) is 26.2 Å². The molecule has 0 atom stereocenters. The van der Waals surface area contributed by atoms with Crippen LogP contribution in [-0.4, -0.2) is 40.3 Å². The molecule has 0 saturated heterocycles. The van der Waals surface area contributed by atoms with Crippen LogP contribution in [0.2, 0.25) is 0 Å². The predicted molar refractivity (Wildman–Crippen MR) is 112 cm³/mol. The minimum Gasteiger partial charge on any atom is -0.492 e. The summed E-state index contributed by atoms with van der Waals surface area (Å²) in [5, 5.41) is 2.73. The largest absolute Gasteiger partial charge is 0.492 e. The first-order valence-electron chi connectivity index (χ1n) is 9.52. The first-order chi connectivity index (χ1) is 13.8. The van der Waals surface area contributed by atoms with Crippen molar-refractivity contribution in [2.24, 2.45) is 0 Å². The van der Waals surface area contributed by atoms with E-state index < -0.39 is 10.0 Å². The molecule has 0 saturated carbocycles. The number of rotatable bonds is 11. The number of halogens is 1. The van der Waals surface area contributed by atoms with Gasteiger partial charge in [0.2, 0.25) is 15.9 Å². The van der Waals surface area contributed by atoms with Gasteiger partial charge in [-0.1, -0.05) is 25.1 Å². The van der Waals surface area contributed by atoms with Gasteiger partial charge in [-0.15, -0.1) is 0 Å². The number of carbonyl (C=O) groups is 1. The third-order valence-corrected chi connectivity index (χ3v) is 5.49. The molecule has 0 aliphatic heterocycles. The van der Waals surface area contributed by atoms with Gasteiger partial charge in [0.25, 0.3) is 0 Å². The highest BCUT2D eigenvalue weighted by Gasteiger charge is 2.19. The molecule has 0 heterocycles. The van der Waals surface area contributed by atoms with E-state index in [1.54, 1.807) is 12.1 Å².